The van der Waals surface area contributed by atoms with E-state index in [1.54, 1.807) is 11.3 Å². The lowest BCUT2D eigenvalue weighted by Gasteiger charge is -2.15. The third-order valence-corrected chi connectivity index (χ3v) is 5.35. The first-order chi connectivity index (χ1) is 8.61. The van der Waals surface area contributed by atoms with Crippen molar-refractivity contribution in [2.45, 2.75) is 32.2 Å². The summed E-state index contributed by atoms with van der Waals surface area (Å²) in [6.07, 6.45) is 0.982. The zero-order valence-electron chi connectivity index (χ0n) is 10.6. The number of aromatic nitrogens is 2. The van der Waals surface area contributed by atoms with Gasteiger partial charge in [-0.2, -0.15) is 0 Å². The molecule has 0 aromatic carbocycles. The zero-order chi connectivity index (χ0) is 13.1. The Labute approximate surface area is 124 Å². The van der Waals surface area contributed by atoms with Crippen LogP contribution in [-0.4, -0.2) is 16.6 Å². The Morgan fingerprint density at radius 2 is 2.22 bits per heavy atom. The second kappa shape index (κ2) is 6.23. The number of thiophene rings is 1. The number of hydrogen-bond donors (Lipinski definition) is 1. The molecule has 0 saturated carbocycles. The van der Waals surface area contributed by atoms with Gasteiger partial charge in [0.25, 0.3) is 0 Å². The molecule has 1 N–H and O–H groups in total. The quantitative estimate of drug-likeness (QED) is 0.890. The Balaban J connectivity index is 2.20. The molecule has 0 saturated heterocycles. The van der Waals surface area contributed by atoms with E-state index in [9.17, 15) is 0 Å². The highest BCUT2D eigenvalue weighted by atomic mass is 79.9. The van der Waals surface area contributed by atoms with Gasteiger partial charge in [0, 0.05) is 27.2 Å². The minimum atomic E-state index is 0.299. The SMILES string of the molecule is CNC(Cc1cc(Br)cs1)c1snnc1C(C)C. The number of hydrogen-bond acceptors (Lipinski definition) is 5. The molecule has 6 heteroatoms. The van der Waals surface area contributed by atoms with E-state index >= 15 is 0 Å². The summed E-state index contributed by atoms with van der Waals surface area (Å²) in [7, 11) is 2.00. The van der Waals surface area contributed by atoms with Gasteiger partial charge in [0.15, 0.2) is 0 Å². The molecule has 0 aliphatic heterocycles. The van der Waals surface area contributed by atoms with Crippen LogP contribution in [0.1, 0.15) is 41.3 Å². The van der Waals surface area contributed by atoms with Crippen LogP contribution in [0.3, 0.4) is 0 Å². The van der Waals surface area contributed by atoms with Crippen molar-refractivity contribution < 1.29 is 0 Å². The smallest absolute Gasteiger partial charge is 0.0829 e. The Morgan fingerprint density at radius 1 is 1.44 bits per heavy atom. The lowest BCUT2D eigenvalue weighted by atomic mass is 10.0. The summed E-state index contributed by atoms with van der Waals surface area (Å²) in [6.45, 7) is 4.32. The highest BCUT2D eigenvalue weighted by molar-refractivity contribution is 9.10. The predicted octanol–water partition coefficient (Wildman–Crippen LogP) is 3.99. The van der Waals surface area contributed by atoms with Gasteiger partial charge in [-0.05, 0) is 46.5 Å². The van der Waals surface area contributed by atoms with Gasteiger partial charge in [-0.3, -0.25) is 0 Å². The van der Waals surface area contributed by atoms with Crippen molar-refractivity contribution in [3.05, 3.63) is 31.4 Å². The first kappa shape index (κ1) is 14.1. The number of rotatable bonds is 5. The Hall–Kier alpha value is -0.300. The van der Waals surface area contributed by atoms with Gasteiger partial charge in [-0.25, -0.2) is 0 Å². The average Bonchev–Trinajstić information content (AvgIpc) is 2.94. The molecule has 2 rings (SSSR count). The molecule has 2 aromatic rings. The fourth-order valence-electron chi connectivity index (χ4n) is 1.83. The topological polar surface area (TPSA) is 37.8 Å². The lowest BCUT2D eigenvalue weighted by Crippen LogP contribution is -2.19. The van der Waals surface area contributed by atoms with Crippen molar-refractivity contribution in [2.24, 2.45) is 0 Å². The van der Waals surface area contributed by atoms with Crippen molar-refractivity contribution >= 4 is 38.8 Å². The molecule has 0 radical (unpaired) electrons. The van der Waals surface area contributed by atoms with Gasteiger partial charge >= 0.3 is 0 Å². The van der Waals surface area contributed by atoms with Crippen LogP contribution in [0.25, 0.3) is 0 Å². The second-order valence-corrected chi connectivity index (χ2v) is 7.15. The molecule has 2 heterocycles. The summed E-state index contributed by atoms with van der Waals surface area (Å²) < 4.78 is 5.26. The van der Waals surface area contributed by atoms with Gasteiger partial charge in [-0.15, -0.1) is 16.4 Å². The van der Waals surface area contributed by atoms with Crippen LogP contribution in [0.5, 0.6) is 0 Å². The highest BCUT2D eigenvalue weighted by Gasteiger charge is 2.20. The van der Waals surface area contributed by atoms with Crippen molar-refractivity contribution in [2.75, 3.05) is 7.05 Å². The van der Waals surface area contributed by atoms with E-state index in [0.717, 1.165) is 16.6 Å². The van der Waals surface area contributed by atoms with Crippen LogP contribution in [0.2, 0.25) is 0 Å². The minimum absolute atomic E-state index is 0.299. The Bertz CT molecular complexity index is 507. The third kappa shape index (κ3) is 3.17. The molecule has 0 bridgehead atoms. The average molecular weight is 346 g/mol. The molecule has 0 fully saturated rings. The minimum Gasteiger partial charge on any atom is -0.312 e. The van der Waals surface area contributed by atoms with E-state index in [-0.39, 0.29) is 0 Å². The maximum atomic E-state index is 4.25. The zero-order valence-corrected chi connectivity index (χ0v) is 13.8. The van der Waals surface area contributed by atoms with E-state index in [0.29, 0.717) is 12.0 Å². The van der Waals surface area contributed by atoms with Crippen molar-refractivity contribution in [3.8, 4) is 0 Å². The van der Waals surface area contributed by atoms with E-state index in [1.165, 1.54) is 21.3 Å². The summed E-state index contributed by atoms with van der Waals surface area (Å²) >= 11 is 6.79. The van der Waals surface area contributed by atoms with Crippen molar-refractivity contribution in [1.29, 1.82) is 0 Å². The molecule has 0 spiro atoms. The fourth-order valence-corrected chi connectivity index (χ4v) is 4.25. The van der Waals surface area contributed by atoms with Crippen LogP contribution in [0, 0.1) is 0 Å². The molecule has 1 unspecified atom stereocenters. The molecular weight excluding hydrogens is 330 g/mol. The van der Waals surface area contributed by atoms with Crippen molar-refractivity contribution in [3.63, 3.8) is 0 Å². The summed E-state index contributed by atoms with van der Waals surface area (Å²) in [4.78, 5) is 2.63. The normalized spacial score (nSPS) is 13.2. The standard InChI is InChI=1S/C12H16BrN3S2/c1-7(2)11-12(18-16-15-11)10(14-3)5-9-4-8(13)6-17-9/h4,6-7,10,14H,5H2,1-3H3. The summed E-state index contributed by atoms with van der Waals surface area (Å²) in [5.41, 5.74) is 1.12. The van der Waals surface area contributed by atoms with Crippen LogP contribution in [0.15, 0.2) is 15.9 Å². The Kier molecular flexibility index (Phi) is 4.89. The molecule has 18 heavy (non-hydrogen) atoms. The van der Waals surface area contributed by atoms with Crippen LogP contribution in [0.4, 0.5) is 0 Å². The Morgan fingerprint density at radius 3 is 2.78 bits per heavy atom. The monoisotopic (exact) mass is 345 g/mol. The summed E-state index contributed by atoms with van der Waals surface area (Å²) in [5.74, 6) is 0.421. The van der Waals surface area contributed by atoms with Crippen LogP contribution >= 0.6 is 38.8 Å². The number of nitrogens with one attached hydrogen (secondary N) is 1. The van der Waals surface area contributed by atoms with E-state index < -0.39 is 0 Å². The predicted molar refractivity (Wildman–Crippen MR) is 81.5 cm³/mol. The molecule has 2 aromatic heterocycles. The van der Waals surface area contributed by atoms with Gasteiger partial charge in [-0.1, -0.05) is 18.3 Å². The largest absolute Gasteiger partial charge is 0.312 e. The molecule has 0 aliphatic carbocycles. The number of halogens is 1. The molecule has 0 aliphatic rings. The van der Waals surface area contributed by atoms with Gasteiger partial charge < -0.3 is 5.32 Å². The summed E-state index contributed by atoms with van der Waals surface area (Å²) in [6, 6.07) is 2.48. The van der Waals surface area contributed by atoms with E-state index in [1.807, 2.05) is 7.05 Å². The highest BCUT2D eigenvalue weighted by Crippen LogP contribution is 2.30. The van der Waals surface area contributed by atoms with E-state index in [4.69, 9.17) is 0 Å². The first-order valence-electron chi connectivity index (χ1n) is 5.84. The second-order valence-electron chi connectivity index (χ2n) is 4.45. The van der Waals surface area contributed by atoms with Gasteiger partial charge in [0.2, 0.25) is 0 Å². The first-order valence-corrected chi connectivity index (χ1v) is 8.28. The summed E-state index contributed by atoms with van der Waals surface area (Å²) in [5, 5.41) is 9.75. The van der Waals surface area contributed by atoms with Gasteiger partial charge in [0.1, 0.15) is 0 Å². The maximum Gasteiger partial charge on any atom is 0.0829 e. The van der Waals surface area contributed by atoms with E-state index in [2.05, 4.69) is 56.1 Å². The van der Waals surface area contributed by atoms with Crippen LogP contribution in [-0.2, 0) is 6.42 Å². The van der Waals surface area contributed by atoms with Crippen molar-refractivity contribution in [1.82, 2.24) is 14.9 Å². The molecule has 1 atom stereocenters. The molecule has 0 amide bonds. The molecule has 98 valence electrons. The maximum absolute atomic E-state index is 4.25. The fraction of sp³-hybridized carbons (Fsp3) is 0.500. The third-order valence-electron chi connectivity index (χ3n) is 2.78. The molecule has 3 nitrogen and oxygen atoms in total. The van der Waals surface area contributed by atoms with Crippen LogP contribution < -0.4 is 5.32 Å². The molecular formula is C12H16BrN3S2. The van der Waals surface area contributed by atoms with Gasteiger partial charge in [0.05, 0.1) is 10.6 Å². The lowest BCUT2D eigenvalue weighted by molar-refractivity contribution is 0.593. The number of nitrogens with zero attached hydrogens (tertiary/aromatic N) is 2. The number of likely N-dealkylation sites (N-methyl/N-ethyl adjacent to an activating group) is 1.